The van der Waals surface area contributed by atoms with Crippen LogP contribution < -0.4 is 35.2 Å². The third kappa shape index (κ3) is 6.32. The van der Waals surface area contributed by atoms with Gasteiger partial charge in [-0.05, 0) is 0 Å². The number of allylic oxidation sites excluding steroid dienone is 2. The Bertz CT molecular complexity index is 2570. The van der Waals surface area contributed by atoms with E-state index < -0.39 is 26.6 Å². The van der Waals surface area contributed by atoms with E-state index in [1.807, 2.05) is 0 Å². The van der Waals surface area contributed by atoms with Crippen LogP contribution in [0.15, 0.2) is 205 Å². The van der Waals surface area contributed by atoms with Crippen LogP contribution >= 0.6 is 0 Å². The van der Waals surface area contributed by atoms with E-state index >= 15 is 0 Å². The van der Waals surface area contributed by atoms with Crippen molar-refractivity contribution in [3.8, 4) is 0 Å². The molecular weight excluding hydrogens is 902 g/mol. The molecule has 0 nitrogen and oxygen atoms in total. The van der Waals surface area contributed by atoms with Crippen LogP contribution in [0, 0.1) is 0 Å². The summed E-state index contributed by atoms with van der Waals surface area (Å²) in [7, 11) is 0. The number of fused-ring (bicyclic) bond motifs is 4. The van der Waals surface area contributed by atoms with E-state index in [9.17, 15) is 0 Å². The van der Waals surface area contributed by atoms with Gasteiger partial charge in [0.05, 0.1) is 0 Å². The number of halogens is 2. The van der Waals surface area contributed by atoms with Gasteiger partial charge in [0.2, 0.25) is 0 Å². The van der Waals surface area contributed by atoms with Crippen LogP contribution in [0.4, 0.5) is 0 Å². The third-order valence-corrected chi connectivity index (χ3v) is 44.9. The minimum Gasteiger partial charge on any atom is -1.00 e. The Labute approximate surface area is 351 Å². The summed E-state index contributed by atoms with van der Waals surface area (Å²) in [5.41, 5.74) is 14.9. The molecule has 0 saturated heterocycles. The molecule has 0 fully saturated rings. The van der Waals surface area contributed by atoms with Gasteiger partial charge < -0.3 is 24.8 Å². The SMILES string of the molecule is CC1=C(c2cccc3ccccc23)c2ccccc2[CH]1[Hf+2]([CH]1C(C)=C(c2cccc3ccccc23)c2ccccc21)[SiH](c1ccccc1)c1ccccc1.[Cl-].[Cl-]. The number of benzene rings is 8. The quantitative estimate of drug-likeness (QED) is 0.183. The Morgan fingerprint density at radius 1 is 0.357 bits per heavy atom. The summed E-state index contributed by atoms with van der Waals surface area (Å²) < 4.78 is 0.884. The molecule has 0 amide bonds. The maximum atomic E-state index is 2.51. The molecule has 8 aromatic carbocycles. The topological polar surface area (TPSA) is 0 Å². The molecule has 271 valence electrons. The summed E-state index contributed by atoms with van der Waals surface area (Å²) >= 11 is -3.12. The molecule has 2 atom stereocenters. The van der Waals surface area contributed by atoms with Crippen LogP contribution in [0.2, 0.25) is 0 Å². The largest absolute Gasteiger partial charge is 1.00 e. The fourth-order valence-corrected chi connectivity index (χ4v) is 49.9. The predicted octanol–water partition coefficient (Wildman–Crippen LogP) is 5.61. The van der Waals surface area contributed by atoms with Crippen LogP contribution in [0.25, 0.3) is 32.7 Å². The Morgan fingerprint density at radius 2 is 0.696 bits per heavy atom. The predicted molar refractivity (Wildman–Crippen MR) is 229 cm³/mol. The van der Waals surface area contributed by atoms with Crippen molar-refractivity contribution in [1.29, 1.82) is 0 Å². The zero-order valence-corrected chi connectivity index (χ0v) is 37.7. The summed E-state index contributed by atoms with van der Waals surface area (Å²) in [6, 6.07) is 74.2. The standard InChI is InChI=1S/2C20H15.C12H11Si.2ClH.Hf/c2*1-14-13-16-8-3-5-11-18(16)20(14)19-12-6-9-15-7-2-4-10-17(15)19;1-3-7-11(8-4-1)13-12-9-5-2-6-10-12;;;/h2*2-13H,1H3;1-10,13H;2*1H;/q;;;;;+2/p-2. The molecule has 0 spiro atoms. The minimum absolute atomic E-state index is 0. The molecule has 0 radical (unpaired) electrons. The van der Waals surface area contributed by atoms with Gasteiger partial charge in [-0.2, -0.15) is 0 Å². The van der Waals surface area contributed by atoms with E-state index in [1.54, 1.807) is 32.6 Å². The van der Waals surface area contributed by atoms with Gasteiger partial charge in [-0.3, -0.25) is 0 Å². The number of rotatable bonds is 7. The summed E-state index contributed by atoms with van der Waals surface area (Å²) in [6.45, 7) is 5.03. The Hall–Kier alpha value is -4.57. The van der Waals surface area contributed by atoms with Crippen LogP contribution in [0.5, 0.6) is 0 Å². The summed E-state index contributed by atoms with van der Waals surface area (Å²) in [4.78, 5) is 0. The monoisotopic (exact) mass is 943 g/mol. The molecule has 56 heavy (non-hydrogen) atoms. The summed E-state index contributed by atoms with van der Waals surface area (Å²) in [6.07, 6.45) is 0. The van der Waals surface area contributed by atoms with Crippen molar-refractivity contribution in [3.63, 3.8) is 0 Å². The Balaban J connectivity index is 0.00000220. The molecular formula is C52H41Cl2HfSi. The second-order valence-electron chi connectivity index (χ2n) is 15.0. The van der Waals surface area contributed by atoms with E-state index in [2.05, 4.69) is 208 Å². The zero-order chi connectivity index (χ0) is 36.2. The average Bonchev–Trinajstić information content (AvgIpc) is 3.69. The van der Waals surface area contributed by atoms with E-state index in [0.717, 1.165) is 0 Å². The van der Waals surface area contributed by atoms with Gasteiger partial charge >= 0.3 is 330 Å². The zero-order valence-electron chi connectivity index (χ0n) is 31.5. The van der Waals surface area contributed by atoms with Gasteiger partial charge in [-0.15, -0.1) is 0 Å². The minimum atomic E-state index is -3.12. The number of hydrogen-bond donors (Lipinski definition) is 0. The van der Waals surface area contributed by atoms with Crippen molar-refractivity contribution < 1.29 is 45.4 Å². The van der Waals surface area contributed by atoms with Gasteiger partial charge in [0.1, 0.15) is 0 Å². The first-order chi connectivity index (χ1) is 26.7. The molecule has 0 N–H and O–H groups in total. The van der Waals surface area contributed by atoms with Gasteiger partial charge in [0, 0.05) is 0 Å². The Morgan fingerprint density at radius 3 is 1.14 bits per heavy atom. The van der Waals surface area contributed by atoms with E-state index in [4.69, 9.17) is 0 Å². The first-order valence-corrected chi connectivity index (χ1v) is 31.3. The first-order valence-electron chi connectivity index (χ1n) is 19.2. The first kappa shape index (κ1) is 38.3. The van der Waals surface area contributed by atoms with Crippen molar-refractivity contribution in [2.24, 2.45) is 0 Å². The van der Waals surface area contributed by atoms with E-state index in [-0.39, 0.29) is 24.8 Å². The molecule has 2 unspecified atom stereocenters. The van der Waals surface area contributed by atoms with Gasteiger partial charge in [0.25, 0.3) is 0 Å². The molecule has 2 aliphatic carbocycles. The molecule has 2 aliphatic rings. The maximum Gasteiger partial charge on any atom is -1.00 e. The number of hydrogen-bond acceptors (Lipinski definition) is 0. The fourth-order valence-electron chi connectivity index (χ4n) is 9.96. The van der Waals surface area contributed by atoms with Crippen LogP contribution in [-0.4, -0.2) is 5.98 Å². The molecule has 0 aliphatic heterocycles. The van der Waals surface area contributed by atoms with Gasteiger partial charge in [-0.25, -0.2) is 0 Å². The van der Waals surface area contributed by atoms with E-state index in [0.29, 0.717) is 7.35 Å². The second-order valence-corrected chi connectivity index (χ2v) is 36.6. The fraction of sp³-hybridized carbons (Fsp3) is 0.0769. The molecule has 0 saturated carbocycles. The van der Waals surface area contributed by atoms with E-state index in [1.165, 1.54) is 54.9 Å². The smallest absolute Gasteiger partial charge is 1.00 e. The van der Waals surface area contributed by atoms with Gasteiger partial charge in [-0.1, -0.05) is 0 Å². The van der Waals surface area contributed by atoms with Crippen molar-refractivity contribution >= 4 is 49.0 Å². The van der Waals surface area contributed by atoms with Gasteiger partial charge in [0.15, 0.2) is 0 Å². The van der Waals surface area contributed by atoms with Crippen LogP contribution in [0.1, 0.15) is 54.6 Å². The molecule has 0 heterocycles. The van der Waals surface area contributed by atoms with Crippen molar-refractivity contribution in [2.75, 3.05) is 0 Å². The third-order valence-electron chi connectivity index (χ3n) is 12.1. The molecule has 4 heteroatoms. The molecule has 0 aromatic heterocycles. The van der Waals surface area contributed by atoms with Crippen molar-refractivity contribution in [2.45, 2.75) is 21.2 Å². The molecule has 0 bridgehead atoms. The molecule has 8 aromatic rings. The maximum absolute atomic E-state index is 3.12. The normalized spacial score (nSPS) is 15.8. The van der Waals surface area contributed by atoms with Crippen LogP contribution in [0.3, 0.4) is 0 Å². The summed E-state index contributed by atoms with van der Waals surface area (Å²) in [5.74, 6) is -1.76. The Kier molecular flexibility index (Phi) is 11.0. The van der Waals surface area contributed by atoms with Crippen molar-refractivity contribution in [3.05, 3.63) is 239 Å². The van der Waals surface area contributed by atoms with Crippen molar-refractivity contribution in [1.82, 2.24) is 0 Å². The van der Waals surface area contributed by atoms with Crippen LogP contribution in [-0.2, 0) is 20.6 Å². The molecule has 10 rings (SSSR count). The average molecular weight is 943 g/mol. The summed E-state index contributed by atoms with van der Waals surface area (Å²) in [5, 5.41) is 8.49. The second kappa shape index (κ2) is 16.1.